The van der Waals surface area contributed by atoms with Gasteiger partial charge in [0.25, 0.3) is 0 Å². The fourth-order valence-corrected chi connectivity index (χ4v) is 2.19. The van der Waals surface area contributed by atoms with Crippen LogP contribution in [0, 0.1) is 0 Å². The summed E-state index contributed by atoms with van der Waals surface area (Å²) >= 11 is 5.90. The van der Waals surface area contributed by atoms with Gasteiger partial charge in [-0.25, -0.2) is 4.39 Å². The second kappa shape index (κ2) is 5.86. The number of benzene rings is 1. The molecule has 0 unspecified atom stereocenters. The van der Waals surface area contributed by atoms with Gasteiger partial charge >= 0.3 is 0 Å². The van der Waals surface area contributed by atoms with Gasteiger partial charge in [0.05, 0.1) is 6.04 Å². The number of halogens is 3. The first-order chi connectivity index (χ1) is 8.72. The highest BCUT2D eigenvalue weighted by Crippen LogP contribution is 2.26. The van der Waals surface area contributed by atoms with Crippen LogP contribution in [0.25, 0.3) is 11.4 Å². The smallest absolute Gasteiger partial charge is 0.244 e. The van der Waals surface area contributed by atoms with E-state index < -0.39 is 6.17 Å². The van der Waals surface area contributed by atoms with E-state index in [4.69, 9.17) is 16.1 Å². The van der Waals surface area contributed by atoms with Gasteiger partial charge in [0.1, 0.15) is 6.17 Å². The molecule has 0 spiro atoms. The lowest BCUT2D eigenvalue weighted by Gasteiger charge is -2.01. The number of rotatable bonds is 2. The quantitative estimate of drug-likeness (QED) is 0.926. The molecular formula is C12H12Cl2FN3O. The van der Waals surface area contributed by atoms with Gasteiger partial charge < -0.3 is 9.84 Å². The van der Waals surface area contributed by atoms with Gasteiger partial charge in [0.15, 0.2) is 0 Å². The molecular weight excluding hydrogens is 292 g/mol. The minimum absolute atomic E-state index is 0. The summed E-state index contributed by atoms with van der Waals surface area (Å²) in [4.78, 5) is 4.27. The van der Waals surface area contributed by atoms with Crippen molar-refractivity contribution in [2.45, 2.75) is 18.6 Å². The topological polar surface area (TPSA) is 51.0 Å². The number of hydrogen-bond acceptors (Lipinski definition) is 4. The summed E-state index contributed by atoms with van der Waals surface area (Å²) < 4.78 is 18.2. The fraction of sp³-hybridized carbons (Fsp3) is 0.333. The highest BCUT2D eigenvalue weighted by Gasteiger charge is 2.29. The molecule has 7 heteroatoms. The van der Waals surface area contributed by atoms with E-state index in [0.29, 0.717) is 29.7 Å². The van der Waals surface area contributed by atoms with Crippen molar-refractivity contribution < 1.29 is 8.91 Å². The lowest BCUT2D eigenvalue weighted by Crippen LogP contribution is -2.14. The Morgan fingerprint density at radius 2 is 2.26 bits per heavy atom. The summed E-state index contributed by atoms with van der Waals surface area (Å²) in [5.74, 6) is 0.890. The Bertz CT molecular complexity index is 563. The summed E-state index contributed by atoms with van der Waals surface area (Å²) in [6, 6.07) is 7.01. The van der Waals surface area contributed by atoms with Crippen LogP contribution in [0.1, 0.15) is 18.4 Å². The van der Waals surface area contributed by atoms with E-state index in [-0.39, 0.29) is 18.4 Å². The Morgan fingerprint density at radius 3 is 2.95 bits per heavy atom. The number of nitrogens with zero attached hydrogens (tertiary/aromatic N) is 2. The molecule has 2 aromatic rings. The van der Waals surface area contributed by atoms with E-state index in [0.717, 1.165) is 5.56 Å². The van der Waals surface area contributed by atoms with Crippen molar-refractivity contribution in [3.8, 4) is 11.4 Å². The maximum Gasteiger partial charge on any atom is 0.244 e. The third kappa shape index (κ3) is 3.05. The highest BCUT2D eigenvalue weighted by molar-refractivity contribution is 6.30. The van der Waals surface area contributed by atoms with Gasteiger partial charge in [-0.15, -0.1) is 12.4 Å². The fourth-order valence-electron chi connectivity index (χ4n) is 2.00. The largest absolute Gasteiger partial charge is 0.337 e. The van der Waals surface area contributed by atoms with Crippen LogP contribution in [-0.2, 0) is 0 Å². The summed E-state index contributed by atoms with van der Waals surface area (Å²) in [6.07, 6.45) is -0.478. The summed E-state index contributed by atoms with van der Waals surface area (Å²) in [7, 11) is 0. The van der Waals surface area contributed by atoms with Crippen molar-refractivity contribution in [3.63, 3.8) is 0 Å². The molecule has 0 aliphatic carbocycles. The molecule has 0 saturated carbocycles. The standard InChI is InChI=1S/C12H11ClFN3O.ClH/c13-8-3-1-2-7(4-8)11-16-12(18-17-11)10-5-9(14)6-15-10;/h1-4,9-10,15H,5-6H2;1H/t9-,10+;/m0./s1. The minimum atomic E-state index is -0.850. The molecule has 1 saturated heterocycles. The van der Waals surface area contributed by atoms with Crippen molar-refractivity contribution in [1.29, 1.82) is 0 Å². The molecule has 1 aliphatic rings. The van der Waals surface area contributed by atoms with E-state index in [1.54, 1.807) is 12.1 Å². The van der Waals surface area contributed by atoms with E-state index in [9.17, 15) is 4.39 Å². The van der Waals surface area contributed by atoms with Crippen LogP contribution in [0.4, 0.5) is 4.39 Å². The number of aromatic nitrogens is 2. The van der Waals surface area contributed by atoms with Gasteiger partial charge in [-0.3, -0.25) is 0 Å². The third-order valence-electron chi connectivity index (χ3n) is 2.90. The van der Waals surface area contributed by atoms with Gasteiger partial charge in [-0.1, -0.05) is 28.9 Å². The number of hydrogen-bond donors (Lipinski definition) is 1. The van der Waals surface area contributed by atoms with E-state index in [2.05, 4.69) is 15.5 Å². The molecule has 4 nitrogen and oxygen atoms in total. The number of alkyl halides is 1. The van der Waals surface area contributed by atoms with E-state index >= 15 is 0 Å². The Labute approximate surface area is 120 Å². The van der Waals surface area contributed by atoms with Crippen LogP contribution < -0.4 is 5.32 Å². The SMILES string of the molecule is Cl.F[C@@H]1CN[C@@H](c2nc(-c3cccc(Cl)c3)no2)C1. The van der Waals surface area contributed by atoms with Crippen molar-refractivity contribution in [1.82, 2.24) is 15.5 Å². The molecule has 2 atom stereocenters. The average Bonchev–Trinajstić information content (AvgIpc) is 2.97. The van der Waals surface area contributed by atoms with Crippen molar-refractivity contribution >= 4 is 24.0 Å². The molecule has 1 aliphatic heterocycles. The molecule has 1 aromatic carbocycles. The van der Waals surface area contributed by atoms with Gasteiger partial charge in [-0.2, -0.15) is 4.98 Å². The minimum Gasteiger partial charge on any atom is -0.337 e. The Hall–Kier alpha value is -1.17. The number of nitrogens with one attached hydrogen (secondary N) is 1. The first-order valence-electron chi connectivity index (χ1n) is 5.69. The Kier molecular flexibility index (Phi) is 4.39. The van der Waals surface area contributed by atoms with Crippen LogP contribution in [-0.4, -0.2) is 22.9 Å². The second-order valence-corrected chi connectivity index (χ2v) is 4.70. The molecule has 1 aromatic heterocycles. The van der Waals surface area contributed by atoms with Crippen LogP contribution in [0.3, 0.4) is 0 Å². The lowest BCUT2D eigenvalue weighted by molar-refractivity contribution is 0.324. The van der Waals surface area contributed by atoms with E-state index in [1.165, 1.54) is 0 Å². The zero-order valence-corrected chi connectivity index (χ0v) is 11.4. The maximum absolute atomic E-state index is 13.1. The monoisotopic (exact) mass is 303 g/mol. The maximum atomic E-state index is 13.1. The summed E-state index contributed by atoms with van der Waals surface area (Å²) in [5.41, 5.74) is 0.785. The first kappa shape index (κ1) is 14.2. The first-order valence-corrected chi connectivity index (χ1v) is 6.07. The molecule has 1 fully saturated rings. The molecule has 0 amide bonds. The predicted octanol–water partition coefficient (Wildman–Crippen LogP) is 3.18. The van der Waals surface area contributed by atoms with Crippen molar-refractivity contribution in [2.24, 2.45) is 0 Å². The third-order valence-corrected chi connectivity index (χ3v) is 3.13. The Balaban J connectivity index is 0.00000133. The van der Waals surface area contributed by atoms with Crippen LogP contribution in [0.5, 0.6) is 0 Å². The highest BCUT2D eigenvalue weighted by atomic mass is 35.5. The van der Waals surface area contributed by atoms with Crippen LogP contribution >= 0.6 is 24.0 Å². The average molecular weight is 304 g/mol. The molecule has 0 radical (unpaired) electrons. The summed E-state index contributed by atoms with van der Waals surface area (Å²) in [6.45, 7) is 0.333. The van der Waals surface area contributed by atoms with Crippen molar-refractivity contribution in [2.75, 3.05) is 6.54 Å². The zero-order valence-electron chi connectivity index (χ0n) is 9.85. The van der Waals surface area contributed by atoms with Gasteiger partial charge in [-0.05, 0) is 12.1 Å². The van der Waals surface area contributed by atoms with Crippen LogP contribution in [0.2, 0.25) is 5.02 Å². The predicted molar refractivity (Wildman–Crippen MR) is 72.2 cm³/mol. The molecule has 0 bridgehead atoms. The molecule has 19 heavy (non-hydrogen) atoms. The van der Waals surface area contributed by atoms with Crippen molar-refractivity contribution in [3.05, 3.63) is 35.2 Å². The van der Waals surface area contributed by atoms with Gasteiger partial charge in [0, 0.05) is 23.6 Å². The van der Waals surface area contributed by atoms with Gasteiger partial charge in [0.2, 0.25) is 11.7 Å². The van der Waals surface area contributed by atoms with E-state index in [1.807, 2.05) is 12.1 Å². The normalized spacial score (nSPS) is 22.2. The second-order valence-electron chi connectivity index (χ2n) is 4.26. The lowest BCUT2D eigenvalue weighted by atomic mass is 10.2. The van der Waals surface area contributed by atoms with Crippen LogP contribution in [0.15, 0.2) is 28.8 Å². The Morgan fingerprint density at radius 1 is 1.42 bits per heavy atom. The summed E-state index contributed by atoms with van der Waals surface area (Å²) in [5, 5.41) is 7.50. The molecule has 3 rings (SSSR count). The zero-order chi connectivity index (χ0) is 12.5. The molecule has 102 valence electrons. The molecule has 2 heterocycles. The molecule has 1 N–H and O–H groups in total.